The second-order valence-corrected chi connectivity index (χ2v) is 10.1. The van der Waals surface area contributed by atoms with Crippen LogP contribution in [-0.2, 0) is 7.05 Å². The topological polar surface area (TPSA) is 75.9 Å². The minimum Gasteiger partial charge on any atom is -0.396 e. The first-order valence-corrected chi connectivity index (χ1v) is 11.7. The standard InChI is InChI=1S/C22H22BrN5OS/c1-28-10-9-24-21(28)20-26-19(25-15-8-7-13(11-15)12-29)17-16(14-5-3-2-4-6-14)18(23)30-22(17)27-20/h2-6,9-10,13,15,29H,7-8,11-12H2,1H3,(H,25,26,27)/t13-,15+/m0/s1. The van der Waals surface area contributed by atoms with E-state index in [0.29, 0.717) is 11.7 Å². The Labute approximate surface area is 187 Å². The van der Waals surface area contributed by atoms with E-state index >= 15 is 0 Å². The highest BCUT2D eigenvalue weighted by molar-refractivity contribution is 9.11. The van der Waals surface area contributed by atoms with Crippen molar-refractivity contribution in [1.29, 1.82) is 0 Å². The van der Waals surface area contributed by atoms with Crippen LogP contribution in [0.2, 0.25) is 0 Å². The summed E-state index contributed by atoms with van der Waals surface area (Å²) in [6, 6.07) is 10.6. The number of benzene rings is 1. The van der Waals surface area contributed by atoms with E-state index in [-0.39, 0.29) is 12.6 Å². The Balaban J connectivity index is 1.68. The van der Waals surface area contributed by atoms with Crippen LogP contribution in [0.1, 0.15) is 19.3 Å². The van der Waals surface area contributed by atoms with Crippen LogP contribution in [0.3, 0.4) is 0 Å². The average molecular weight is 484 g/mol. The Bertz CT molecular complexity index is 1190. The van der Waals surface area contributed by atoms with Gasteiger partial charge in [-0.3, -0.25) is 0 Å². The zero-order valence-corrected chi connectivity index (χ0v) is 18.9. The highest BCUT2D eigenvalue weighted by Crippen LogP contribution is 2.45. The summed E-state index contributed by atoms with van der Waals surface area (Å²) in [6.45, 7) is 0.245. The van der Waals surface area contributed by atoms with Gasteiger partial charge < -0.3 is 15.0 Å². The van der Waals surface area contributed by atoms with Crippen molar-refractivity contribution in [3.8, 4) is 22.8 Å². The quantitative estimate of drug-likeness (QED) is 0.413. The molecule has 5 rings (SSSR count). The number of imidazole rings is 1. The highest BCUT2D eigenvalue weighted by Gasteiger charge is 2.27. The zero-order valence-electron chi connectivity index (χ0n) is 16.5. The lowest BCUT2D eigenvalue weighted by Crippen LogP contribution is -2.18. The van der Waals surface area contributed by atoms with Crippen molar-refractivity contribution in [2.45, 2.75) is 25.3 Å². The molecule has 0 aliphatic heterocycles. The Hall–Kier alpha value is -2.29. The number of aryl methyl sites for hydroxylation is 1. The molecule has 2 N–H and O–H groups in total. The number of thiophene rings is 1. The lowest BCUT2D eigenvalue weighted by atomic mass is 10.1. The van der Waals surface area contributed by atoms with Gasteiger partial charge >= 0.3 is 0 Å². The van der Waals surface area contributed by atoms with Crippen LogP contribution in [0.15, 0.2) is 46.5 Å². The minimum atomic E-state index is 0.245. The summed E-state index contributed by atoms with van der Waals surface area (Å²) in [7, 11) is 1.95. The number of aliphatic hydroxyl groups is 1. The third-order valence-electron chi connectivity index (χ3n) is 5.73. The van der Waals surface area contributed by atoms with E-state index in [9.17, 15) is 5.11 Å². The van der Waals surface area contributed by atoms with E-state index in [1.54, 1.807) is 17.5 Å². The van der Waals surface area contributed by atoms with Gasteiger partial charge in [-0.25, -0.2) is 15.0 Å². The third-order valence-corrected chi connectivity index (χ3v) is 7.49. The number of hydrogen-bond acceptors (Lipinski definition) is 6. The molecule has 2 atom stereocenters. The maximum atomic E-state index is 9.55. The van der Waals surface area contributed by atoms with Crippen molar-refractivity contribution < 1.29 is 5.11 Å². The maximum absolute atomic E-state index is 9.55. The summed E-state index contributed by atoms with van der Waals surface area (Å²) >= 11 is 5.39. The molecule has 1 aliphatic rings. The molecule has 1 aromatic carbocycles. The monoisotopic (exact) mass is 483 g/mol. The highest BCUT2D eigenvalue weighted by atomic mass is 79.9. The molecule has 1 saturated carbocycles. The zero-order chi connectivity index (χ0) is 20.7. The summed E-state index contributed by atoms with van der Waals surface area (Å²) < 4.78 is 2.97. The average Bonchev–Trinajstić information content (AvgIpc) is 3.46. The van der Waals surface area contributed by atoms with Crippen LogP contribution in [0.25, 0.3) is 33.0 Å². The van der Waals surface area contributed by atoms with Gasteiger partial charge in [0.25, 0.3) is 0 Å². The number of anilines is 1. The molecule has 0 unspecified atom stereocenters. The molecule has 3 aromatic heterocycles. The molecule has 0 bridgehead atoms. The Morgan fingerprint density at radius 1 is 1.23 bits per heavy atom. The van der Waals surface area contributed by atoms with Crippen molar-refractivity contribution in [1.82, 2.24) is 19.5 Å². The van der Waals surface area contributed by atoms with Gasteiger partial charge in [-0.05, 0) is 46.7 Å². The predicted octanol–water partition coefficient (Wildman–Crippen LogP) is 5.09. The molecule has 1 aliphatic carbocycles. The summed E-state index contributed by atoms with van der Waals surface area (Å²) in [4.78, 5) is 15.2. The molecule has 1 fully saturated rings. The molecule has 0 saturated heterocycles. The maximum Gasteiger partial charge on any atom is 0.199 e. The molecule has 30 heavy (non-hydrogen) atoms. The van der Waals surface area contributed by atoms with E-state index in [4.69, 9.17) is 9.97 Å². The minimum absolute atomic E-state index is 0.245. The Morgan fingerprint density at radius 3 is 2.77 bits per heavy atom. The van der Waals surface area contributed by atoms with Crippen LogP contribution in [-0.4, -0.2) is 37.3 Å². The summed E-state index contributed by atoms with van der Waals surface area (Å²) in [6.07, 6.45) is 6.68. The third kappa shape index (κ3) is 3.53. The second-order valence-electron chi connectivity index (χ2n) is 7.76. The molecular formula is C22H22BrN5OS. The molecule has 3 heterocycles. The smallest absolute Gasteiger partial charge is 0.199 e. The van der Waals surface area contributed by atoms with Gasteiger partial charge in [0, 0.05) is 37.7 Å². The number of aromatic nitrogens is 4. The van der Waals surface area contributed by atoms with Crippen LogP contribution >= 0.6 is 27.3 Å². The fraction of sp³-hybridized carbons (Fsp3) is 0.318. The number of hydrogen-bond donors (Lipinski definition) is 2. The first kappa shape index (κ1) is 19.7. The summed E-state index contributed by atoms with van der Waals surface area (Å²) in [5.74, 6) is 2.55. The van der Waals surface area contributed by atoms with Crippen molar-refractivity contribution in [2.75, 3.05) is 11.9 Å². The Kier molecular flexibility index (Phi) is 5.30. The first-order chi connectivity index (χ1) is 14.6. The molecule has 0 radical (unpaired) electrons. The molecule has 0 spiro atoms. The van der Waals surface area contributed by atoms with Crippen molar-refractivity contribution in [2.24, 2.45) is 13.0 Å². The van der Waals surface area contributed by atoms with E-state index < -0.39 is 0 Å². The lowest BCUT2D eigenvalue weighted by molar-refractivity contribution is 0.229. The Morgan fingerprint density at radius 2 is 2.07 bits per heavy atom. The predicted molar refractivity (Wildman–Crippen MR) is 125 cm³/mol. The van der Waals surface area contributed by atoms with Crippen molar-refractivity contribution in [3.05, 3.63) is 46.5 Å². The molecule has 0 amide bonds. The fourth-order valence-corrected chi connectivity index (χ4v) is 6.00. The van der Waals surface area contributed by atoms with E-state index in [0.717, 1.165) is 56.0 Å². The van der Waals surface area contributed by atoms with Gasteiger partial charge in [0.2, 0.25) is 0 Å². The van der Waals surface area contributed by atoms with E-state index in [1.807, 2.05) is 36.0 Å². The molecular weight excluding hydrogens is 462 g/mol. The van der Waals surface area contributed by atoms with Crippen molar-refractivity contribution in [3.63, 3.8) is 0 Å². The second kappa shape index (κ2) is 8.09. The largest absolute Gasteiger partial charge is 0.396 e. The lowest BCUT2D eigenvalue weighted by Gasteiger charge is -2.16. The van der Waals surface area contributed by atoms with Crippen LogP contribution in [0.4, 0.5) is 5.82 Å². The van der Waals surface area contributed by atoms with Crippen molar-refractivity contribution >= 4 is 43.3 Å². The number of nitrogens with one attached hydrogen (secondary N) is 1. The van der Waals surface area contributed by atoms with Gasteiger partial charge in [0.15, 0.2) is 11.6 Å². The summed E-state index contributed by atoms with van der Waals surface area (Å²) in [5.41, 5.74) is 2.24. The number of rotatable bonds is 5. The number of aliphatic hydroxyl groups excluding tert-OH is 1. The van der Waals surface area contributed by atoms with Gasteiger partial charge in [-0.2, -0.15) is 0 Å². The molecule has 4 aromatic rings. The number of nitrogens with zero attached hydrogens (tertiary/aromatic N) is 4. The normalized spacial score (nSPS) is 18.9. The summed E-state index contributed by atoms with van der Waals surface area (Å²) in [5, 5.41) is 14.3. The van der Waals surface area contributed by atoms with Gasteiger partial charge in [-0.1, -0.05) is 30.3 Å². The SMILES string of the molecule is Cn1ccnc1-c1nc(N[C@@H]2CC[C@H](CO)C2)c2c(-c3ccccc3)c(Br)sc2n1. The van der Waals surface area contributed by atoms with Crippen LogP contribution in [0, 0.1) is 5.92 Å². The van der Waals surface area contributed by atoms with Gasteiger partial charge in [-0.15, -0.1) is 11.3 Å². The molecule has 8 heteroatoms. The fourth-order valence-electron chi connectivity index (χ4n) is 4.19. The molecule has 6 nitrogen and oxygen atoms in total. The first-order valence-electron chi connectivity index (χ1n) is 10.0. The van der Waals surface area contributed by atoms with E-state index in [2.05, 4.69) is 38.4 Å². The van der Waals surface area contributed by atoms with Gasteiger partial charge in [0.05, 0.1) is 9.17 Å². The molecule has 154 valence electrons. The number of halogens is 1. The van der Waals surface area contributed by atoms with E-state index in [1.165, 1.54) is 0 Å². The van der Waals surface area contributed by atoms with Gasteiger partial charge in [0.1, 0.15) is 10.6 Å². The van der Waals surface area contributed by atoms with Crippen LogP contribution < -0.4 is 5.32 Å². The van der Waals surface area contributed by atoms with Crippen LogP contribution in [0.5, 0.6) is 0 Å². The number of fused-ring (bicyclic) bond motifs is 1.